The molecule has 2 aromatic carbocycles. The quantitative estimate of drug-likeness (QED) is 0.403. The zero-order valence-corrected chi connectivity index (χ0v) is 18.4. The monoisotopic (exact) mass is 456 g/mol. The average Bonchev–Trinajstić information content (AvgIpc) is 2.93. The Kier molecular flexibility index (Phi) is 6.55. The van der Waals surface area contributed by atoms with E-state index in [0.29, 0.717) is 12.1 Å². The number of nitrogens with zero attached hydrogens (tertiary/aromatic N) is 2. The van der Waals surface area contributed by atoms with Crippen molar-refractivity contribution >= 4 is 33.4 Å². The minimum absolute atomic E-state index is 0.136. The number of aliphatic hydroxyl groups excluding tert-OH is 1. The van der Waals surface area contributed by atoms with E-state index in [9.17, 15) is 14.7 Å². The molecule has 1 aliphatic rings. The predicted molar refractivity (Wildman–Crippen MR) is 118 cm³/mol. The third kappa shape index (κ3) is 4.60. The zero-order chi connectivity index (χ0) is 21.1. The number of amides is 1. The van der Waals surface area contributed by atoms with Gasteiger partial charge in [-0.25, -0.2) is 0 Å². The van der Waals surface area contributed by atoms with Gasteiger partial charge in [-0.05, 0) is 51.7 Å². The van der Waals surface area contributed by atoms with E-state index in [4.69, 9.17) is 0 Å². The van der Waals surface area contributed by atoms with Crippen LogP contribution in [0.2, 0.25) is 0 Å². The minimum atomic E-state index is -0.641. The summed E-state index contributed by atoms with van der Waals surface area (Å²) in [5, 5.41) is 11.0. The van der Waals surface area contributed by atoms with Crippen LogP contribution >= 0.6 is 15.9 Å². The highest BCUT2D eigenvalue weighted by molar-refractivity contribution is 9.10. The fourth-order valence-electron chi connectivity index (χ4n) is 3.56. The lowest BCUT2D eigenvalue weighted by Crippen LogP contribution is -2.32. The van der Waals surface area contributed by atoms with E-state index in [2.05, 4.69) is 15.9 Å². The van der Waals surface area contributed by atoms with Crippen LogP contribution in [0, 0.1) is 6.92 Å². The van der Waals surface area contributed by atoms with Crippen molar-refractivity contribution in [3.63, 3.8) is 0 Å². The highest BCUT2D eigenvalue weighted by atomic mass is 79.9. The zero-order valence-electron chi connectivity index (χ0n) is 16.9. The molecule has 3 rings (SSSR count). The van der Waals surface area contributed by atoms with Gasteiger partial charge in [0.25, 0.3) is 11.7 Å². The highest BCUT2D eigenvalue weighted by Crippen LogP contribution is 2.40. The Hall–Kier alpha value is -2.44. The van der Waals surface area contributed by atoms with Crippen molar-refractivity contribution in [1.29, 1.82) is 0 Å². The van der Waals surface area contributed by atoms with Crippen molar-refractivity contribution in [2.24, 2.45) is 0 Å². The van der Waals surface area contributed by atoms with Gasteiger partial charge in [0.1, 0.15) is 5.76 Å². The standard InChI is InChI=1S/C23H25BrN2O3/c1-15-8-10-16(11-9-15)21(27)19-20(17-6-4-7-18(24)14-17)26(23(29)22(19)28)13-5-12-25(2)3/h4,6-11,14,20,27H,5,12-13H2,1-3H3/b21-19-. The second-order valence-corrected chi connectivity index (χ2v) is 8.49. The Morgan fingerprint density at radius 3 is 2.45 bits per heavy atom. The van der Waals surface area contributed by atoms with Crippen molar-refractivity contribution < 1.29 is 14.7 Å². The van der Waals surface area contributed by atoms with E-state index >= 15 is 0 Å². The molecule has 0 radical (unpaired) electrons. The van der Waals surface area contributed by atoms with E-state index in [1.54, 1.807) is 17.0 Å². The van der Waals surface area contributed by atoms with Crippen LogP contribution < -0.4 is 0 Å². The molecule has 6 heteroatoms. The van der Waals surface area contributed by atoms with Gasteiger partial charge in [-0.1, -0.05) is 57.9 Å². The van der Waals surface area contributed by atoms with Gasteiger partial charge in [-0.2, -0.15) is 0 Å². The number of aryl methyl sites for hydroxylation is 1. The molecule has 1 amide bonds. The van der Waals surface area contributed by atoms with E-state index in [1.807, 2.05) is 62.3 Å². The normalized spacial score (nSPS) is 18.7. The molecule has 0 bridgehead atoms. The van der Waals surface area contributed by atoms with Gasteiger partial charge in [0.15, 0.2) is 0 Å². The van der Waals surface area contributed by atoms with E-state index < -0.39 is 17.7 Å². The lowest BCUT2D eigenvalue weighted by molar-refractivity contribution is -0.139. The second-order valence-electron chi connectivity index (χ2n) is 7.57. The van der Waals surface area contributed by atoms with Gasteiger partial charge in [-0.15, -0.1) is 0 Å². The van der Waals surface area contributed by atoms with Gasteiger partial charge < -0.3 is 14.9 Å². The van der Waals surface area contributed by atoms with Gasteiger partial charge in [0.05, 0.1) is 11.6 Å². The summed E-state index contributed by atoms with van der Waals surface area (Å²) >= 11 is 3.47. The molecule has 0 aromatic heterocycles. The third-order valence-electron chi connectivity index (χ3n) is 5.03. The van der Waals surface area contributed by atoms with E-state index in [0.717, 1.165) is 28.6 Å². The number of rotatable bonds is 6. The van der Waals surface area contributed by atoms with Gasteiger partial charge >= 0.3 is 0 Å². The molecule has 1 N–H and O–H groups in total. The lowest BCUT2D eigenvalue weighted by Gasteiger charge is -2.26. The summed E-state index contributed by atoms with van der Waals surface area (Å²) in [7, 11) is 3.94. The molecule has 152 valence electrons. The highest BCUT2D eigenvalue weighted by Gasteiger charge is 2.45. The van der Waals surface area contributed by atoms with Crippen LogP contribution in [0.1, 0.15) is 29.2 Å². The van der Waals surface area contributed by atoms with Crippen molar-refractivity contribution in [2.45, 2.75) is 19.4 Å². The van der Waals surface area contributed by atoms with Crippen LogP contribution in [0.5, 0.6) is 0 Å². The fraction of sp³-hybridized carbons (Fsp3) is 0.304. The van der Waals surface area contributed by atoms with E-state index in [1.165, 1.54) is 0 Å². The predicted octanol–water partition coefficient (Wildman–Crippen LogP) is 4.13. The summed E-state index contributed by atoms with van der Waals surface area (Å²) in [4.78, 5) is 29.4. The van der Waals surface area contributed by atoms with Crippen LogP contribution in [-0.4, -0.2) is 53.8 Å². The number of benzene rings is 2. The number of Topliss-reactive ketones (excluding diaryl/α,β-unsaturated/α-hetero) is 1. The van der Waals surface area contributed by atoms with Crippen LogP contribution in [0.3, 0.4) is 0 Å². The lowest BCUT2D eigenvalue weighted by atomic mass is 9.95. The summed E-state index contributed by atoms with van der Waals surface area (Å²) in [5.41, 5.74) is 2.51. The first kappa shape index (κ1) is 21.3. The Morgan fingerprint density at radius 2 is 1.83 bits per heavy atom. The molecule has 2 aromatic rings. The molecule has 0 spiro atoms. The molecule has 1 atom stereocenters. The first-order chi connectivity index (χ1) is 13.8. The summed E-state index contributed by atoms with van der Waals surface area (Å²) in [6.07, 6.45) is 0.731. The van der Waals surface area contributed by atoms with Gasteiger partial charge in [0.2, 0.25) is 0 Å². The Labute approximate surface area is 179 Å². The first-order valence-corrected chi connectivity index (χ1v) is 10.3. The number of hydrogen-bond donors (Lipinski definition) is 1. The van der Waals surface area contributed by atoms with Crippen LogP contribution in [0.25, 0.3) is 5.76 Å². The summed E-state index contributed by atoms with van der Waals surface area (Å²) in [6, 6.07) is 14.2. The SMILES string of the molecule is Cc1ccc(/C(O)=C2/C(=O)C(=O)N(CCCN(C)C)C2c2cccc(Br)c2)cc1. The maximum Gasteiger partial charge on any atom is 0.295 e. The van der Waals surface area contributed by atoms with Gasteiger partial charge in [-0.3, -0.25) is 9.59 Å². The summed E-state index contributed by atoms with van der Waals surface area (Å²) in [5.74, 6) is -1.34. The number of halogens is 1. The van der Waals surface area contributed by atoms with Crippen molar-refractivity contribution in [2.75, 3.05) is 27.2 Å². The Bertz CT molecular complexity index is 951. The molecule has 1 fully saturated rings. The molecule has 5 nitrogen and oxygen atoms in total. The first-order valence-electron chi connectivity index (χ1n) is 9.55. The molecular weight excluding hydrogens is 432 g/mol. The summed E-state index contributed by atoms with van der Waals surface area (Å²) < 4.78 is 0.851. The maximum absolute atomic E-state index is 12.9. The molecule has 1 heterocycles. The molecule has 0 saturated carbocycles. The number of carbonyl (C=O) groups excluding carboxylic acids is 2. The minimum Gasteiger partial charge on any atom is -0.507 e. The van der Waals surface area contributed by atoms with Crippen LogP contribution in [-0.2, 0) is 9.59 Å². The number of aliphatic hydroxyl groups is 1. The molecule has 1 unspecified atom stereocenters. The Balaban J connectivity index is 2.09. The second kappa shape index (κ2) is 8.93. The van der Waals surface area contributed by atoms with Crippen LogP contribution in [0.15, 0.2) is 58.6 Å². The molecule has 0 aliphatic carbocycles. The van der Waals surface area contributed by atoms with Crippen molar-refractivity contribution in [3.05, 3.63) is 75.3 Å². The van der Waals surface area contributed by atoms with Crippen LogP contribution in [0.4, 0.5) is 0 Å². The molecule has 29 heavy (non-hydrogen) atoms. The molecule has 1 saturated heterocycles. The Morgan fingerprint density at radius 1 is 1.14 bits per heavy atom. The number of ketones is 1. The maximum atomic E-state index is 12.9. The number of carbonyl (C=O) groups is 2. The third-order valence-corrected chi connectivity index (χ3v) is 5.53. The number of hydrogen-bond acceptors (Lipinski definition) is 4. The smallest absolute Gasteiger partial charge is 0.295 e. The topological polar surface area (TPSA) is 60.9 Å². The van der Waals surface area contributed by atoms with Crippen molar-refractivity contribution in [3.8, 4) is 0 Å². The van der Waals surface area contributed by atoms with E-state index in [-0.39, 0.29) is 11.3 Å². The number of likely N-dealkylation sites (tertiary alicyclic amines) is 1. The molecule has 1 aliphatic heterocycles. The average molecular weight is 457 g/mol. The fourth-order valence-corrected chi connectivity index (χ4v) is 3.98. The largest absolute Gasteiger partial charge is 0.507 e. The van der Waals surface area contributed by atoms with Gasteiger partial charge in [0, 0.05) is 16.6 Å². The summed E-state index contributed by atoms with van der Waals surface area (Å²) in [6.45, 7) is 3.19. The van der Waals surface area contributed by atoms with Crippen molar-refractivity contribution in [1.82, 2.24) is 9.80 Å². The molecular formula is C23H25BrN2O3.